The highest BCUT2D eigenvalue weighted by atomic mass is 32.1. The van der Waals surface area contributed by atoms with Crippen LogP contribution in [0.2, 0.25) is 0 Å². The molecule has 1 N–H and O–H groups in total. The molecule has 0 saturated carbocycles. The number of halogens is 1. The maximum absolute atomic E-state index is 14.1. The number of para-hydroxylation sites is 1. The fraction of sp³-hybridized carbons (Fsp3) is 0.147. The van der Waals surface area contributed by atoms with Crippen LogP contribution in [0, 0.1) is 19.7 Å². The Hall–Kier alpha value is -5.02. The van der Waals surface area contributed by atoms with Gasteiger partial charge in [0, 0.05) is 22.8 Å². The van der Waals surface area contributed by atoms with Crippen LogP contribution in [0.1, 0.15) is 35.5 Å². The van der Waals surface area contributed by atoms with Crippen molar-refractivity contribution in [1.29, 1.82) is 0 Å². The number of carbonyl (C=O) groups excluding carboxylic acids is 1. The number of rotatable bonds is 6. The minimum absolute atomic E-state index is 0.242. The lowest BCUT2D eigenvalue weighted by molar-refractivity contribution is -0.113. The van der Waals surface area contributed by atoms with Gasteiger partial charge in [-0.05, 0) is 92.6 Å². The van der Waals surface area contributed by atoms with Crippen LogP contribution in [0.3, 0.4) is 0 Å². The van der Waals surface area contributed by atoms with Crippen molar-refractivity contribution in [1.82, 2.24) is 9.13 Å². The van der Waals surface area contributed by atoms with Gasteiger partial charge in [0.15, 0.2) is 4.80 Å². The van der Waals surface area contributed by atoms with E-state index in [4.69, 9.17) is 9.73 Å². The summed E-state index contributed by atoms with van der Waals surface area (Å²) in [7, 11) is 1.59. The average Bonchev–Trinajstić information content (AvgIpc) is 3.46. The van der Waals surface area contributed by atoms with Crippen LogP contribution < -0.4 is 24.9 Å². The number of hydrogen-bond donors (Lipinski definition) is 1. The van der Waals surface area contributed by atoms with Crippen LogP contribution in [0.15, 0.2) is 106 Å². The van der Waals surface area contributed by atoms with Crippen molar-refractivity contribution in [3.05, 3.63) is 144 Å². The zero-order valence-corrected chi connectivity index (χ0v) is 24.9. The predicted octanol–water partition coefficient (Wildman–Crippen LogP) is 5.43. The molecule has 1 aliphatic heterocycles. The first-order valence-electron chi connectivity index (χ1n) is 13.7. The summed E-state index contributed by atoms with van der Waals surface area (Å²) in [6, 6.07) is 24.2. The molecule has 7 nitrogen and oxygen atoms in total. The minimum atomic E-state index is -0.695. The third-order valence-electron chi connectivity index (χ3n) is 7.57. The van der Waals surface area contributed by atoms with Crippen LogP contribution in [-0.4, -0.2) is 22.2 Å². The van der Waals surface area contributed by atoms with Gasteiger partial charge < -0.3 is 14.6 Å². The van der Waals surface area contributed by atoms with Crippen LogP contribution in [-0.2, 0) is 4.79 Å². The van der Waals surface area contributed by atoms with Crippen molar-refractivity contribution >= 4 is 29.0 Å². The smallest absolute Gasteiger partial charge is 0.271 e. The van der Waals surface area contributed by atoms with Gasteiger partial charge in [-0.2, -0.15) is 0 Å². The fourth-order valence-electron chi connectivity index (χ4n) is 5.50. The first-order valence-corrected chi connectivity index (χ1v) is 14.5. The fourth-order valence-corrected chi connectivity index (χ4v) is 6.53. The van der Waals surface area contributed by atoms with Crippen molar-refractivity contribution in [2.75, 3.05) is 12.4 Å². The number of hydrogen-bond acceptors (Lipinski definition) is 5. The molecule has 5 aromatic rings. The number of methoxy groups -OCH3 is 1. The first kappa shape index (κ1) is 28.1. The zero-order chi connectivity index (χ0) is 30.2. The van der Waals surface area contributed by atoms with Crippen LogP contribution in [0.5, 0.6) is 5.75 Å². The molecule has 3 aromatic carbocycles. The molecule has 3 heterocycles. The van der Waals surface area contributed by atoms with Crippen molar-refractivity contribution in [3.63, 3.8) is 0 Å². The maximum atomic E-state index is 14.1. The van der Waals surface area contributed by atoms with Gasteiger partial charge in [0.25, 0.3) is 11.5 Å². The van der Waals surface area contributed by atoms with E-state index in [0.717, 1.165) is 28.2 Å². The van der Waals surface area contributed by atoms with Crippen molar-refractivity contribution in [2.45, 2.75) is 26.8 Å². The lowest BCUT2D eigenvalue weighted by Gasteiger charge is -2.25. The number of nitrogens with one attached hydrogen (secondary N) is 1. The second kappa shape index (κ2) is 11.3. The lowest BCUT2D eigenvalue weighted by atomic mass is 9.95. The summed E-state index contributed by atoms with van der Waals surface area (Å²) in [5.41, 5.74) is 5.67. The minimum Gasteiger partial charge on any atom is -0.497 e. The third-order valence-corrected chi connectivity index (χ3v) is 8.55. The molecule has 216 valence electrons. The van der Waals surface area contributed by atoms with Gasteiger partial charge in [0.1, 0.15) is 11.6 Å². The normalized spacial score (nSPS) is 14.8. The third kappa shape index (κ3) is 5.23. The molecule has 0 spiro atoms. The quantitative estimate of drug-likeness (QED) is 0.286. The molecule has 0 radical (unpaired) electrons. The largest absolute Gasteiger partial charge is 0.497 e. The molecular weight excluding hydrogens is 563 g/mol. The number of ether oxygens (including phenoxy) is 1. The van der Waals surface area contributed by atoms with E-state index < -0.39 is 6.04 Å². The van der Waals surface area contributed by atoms with Crippen LogP contribution >= 0.6 is 11.3 Å². The summed E-state index contributed by atoms with van der Waals surface area (Å²) in [5.74, 6) is 0.0418. The highest BCUT2D eigenvalue weighted by Gasteiger charge is 2.32. The molecule has 0 aliphatic carbocycles. The highest BCUT2D eigenvalue weighted by molar-refractivity contribution is 7.07. The van der Waals surface area contributed by atoms with E-state index in [9.17, 15) is 14.0 Å². The molecule has 1 amide bonds. The molecule has 0 saturated heterocycles. The first-order chi connectivity index (χ1) is 20.7. The summed E-state index contributed by atoms with van der Waals surface area (Å²) in [6.45, 7) is 5.74. The second-order valence-corrected chi connectivity index (χ2v) is 11.3. The molecule has 0 bridgehead atoms. The topological polar surface area (TPSA) is 77.6 Å². The molecular formula is C34H29FN4O3S. The average molecular weight is 593 g/mol. The summed E-state index contributed by atoms with van der Waals surface area (Å²) in [6.07, 6.45) is 1.86. The second-order valence-electron chi connectivity index (χ2n) is 10.3. The molecule has 0 unspecified atom stereocenters. The number of benzene rings is 3. The number of carbonyl (C=O) groups is 1. The number of nitrogens with zero attached hydrogens (tertiary/aromatic N) is 3. The van der Waals surface area contributed by atoms with Gasteiger partial charge in [-0.15, -0.1) is 0 Å². The monoisotopic (exact) mass is 592 g/mol. The maximum Gasteiger partial charge on any atom is 0.271 e. The van der Waals surface area contributed by atoms with Crippen molar-refractivity contribution < 1.29 is 13.9 Å². The molecule has 2 aromatic heterocycles. The molecule has 0 fully saturated rings. The van der Waals surface area contributed by atoms with Crippen molar-refractivity contribution in [3.8, 4) is 11.4 Å². The molecule has 9 heteroatoms. The summed E-state index contributed by atoms with van der Waals surface area (Å²) >= 11 is 1.28. The molecule has 43 heavy (non-hydrogen) atoms. The van der Waals surface area contributed by atoms with Crippen molar-refractivity contribution in [2.24, 2.45) is 4.99 Å². The highest BCUT2D eigenvalue weighted by Crippen LogP contribution is 2.32. The van der Waals surface area contributed by atoms with Gasteiger partial charge in [-0.25, -0.2) is 9.38 Å². The number of aromatic nitrogens is 2. The Bertz CT molecular complexity index is 2060. The Morgan fingerprint density at radius 2 is 1.70 bits per heavy atom. The molecule has 6 rings (SSSR count). The number of allylic oxidation sites excluding steroid dienone is 1. The van der Waals surface area contributed by atoms with Gasteiger partial charge in [-0.1, -0.05) is 41.7 Å². The number of anilines is 1. The Morgan fingerprint density at radius 3 is 2.37 bits per heavy atom. The number of amides is 1. The van der Waals surface area contributed by atoms with Gasteiger partial charge >= 0.3 is 0 Å². The Kier molecular flexibility index (Phi) is 7.41. The zero-order valence-electron chi connectivity index (χ0n) is 24.1. The number of thiazole rings is 1. The molecule has 1 aliphatic rings. The van der Waals surface area contributed by atoms with Crippen LogP contribution in [0.25, 0.3) is 11.8 Å². The van der Waals surface area contributed by atoms with Gasteiger partial charge in [-0.3, -0.25) is 14.2 Å². The molecule has 1 atom stereocenters. The SMILES string of the molecule is COc1ccc([C@@H]2C(C(=O)Nc3ccccc3)=C(C)N=c3s/c(=C/c4cc(C)n(-c5ccc(F)cc5)c4C)c(=O)n32)cc1. The Labute approximate surface area is 251 Å². The van der Waals surface area contributed by atoms with E-state index in [2.05, 4.69) is 5.32 Å². The van der Waals surface area contributed by atoms with Crippen LogP contribution in [0.4, 0.5) is 10.1 Å². The summed E-state index contributed by atoms with van der Waals surface area (Å²) in [4.78, 5) is 33.1. The number of fused-ring (bicyclic) bond motifs is 1. The lowest BCUT2D eigenvalue weighted by Crippen LogP contribution is -2.40. The summed E-state index contributed by atoms with van der Waals surface area (Å²) < 4.78 is 23.0. The van der Waals surface area contributed by atoms with Gasteiger partial charge in [0.2, 0.25) is 0 Å². The van der Waals surface area contributed by atoms with Gasteiger partial charge in [0.05, 0.1) is 29.0 Å². The van der Waals surface area contributed by atoms with E-state index in [1.54, 1.807) is 30.7 Å². The Balaban J connectivity index is 1.49. The predicted molar refractivity (Wildman–Crippen MR) is 167 cm³/mol. The standard InChI is InChI=1S/C34H29FN4O3S/c1-20-18-24(22(3)38(20)27-14-12-25(35)13-15-27)19-29-33(41)39-31(23-10-16-28(42-4)17-11-23)30(21(2)36-34(39)43-29)32(40)37-26-8-6-5-7-9-26/h5-19,31H,1-4H3,(H,37,40)/b29-19+/t31-/m1/s1. The number of aryl methyl sites for hydroxylation is 1. The van der Waals surface area contributed by atoms with E-state index in [1.165, 1.54) is 23.5 Å². The van der Waals surface area contributed by atoms with E-state index in [-0.39, 0.29) is 17.3 Å². The van der Waals surface area contributed by atoms with E-state index in [1.807, 2.05) is 85.2 Å². The van der Waals surface area contributed by atoms with E-state index in [0.29, 0.717) is 32.0 Å². The summed E-state index contributed by atoms with van der Waals surface area (Å²) in [5, 5.41) is 2.97. The Morgan fingerprint density at radius 1 is 1.00 bits per heavy atom. The van der Waals surface area contributed by atoms with E-state index >= 15 is 0 Å².